The molecule has 0 amide bonds. The van der Waals surface area contributed by atoms with Gasteiger partial charge in [0.25, 0.3) is 0 Å². The molecule has 0 bridgehead atoms. The molecule has 0 radical (unpaired) electrons. The SMILES string of the molecule is Cc1ccc(-c2nc(CCCCCCN)c(Cl)cc2-c2ccc(S(C)(=O)=O)cc2)cn1. The van der Waals surface area contributed by atoms with E-state index in [1.54, 1.807) is 24.3 Å². The summed E-state index contributed by atoms with van der Waals surface area (Å²) in [6, 6.07) is 12.7. The summed E-state index contributed by atoms with van der Waals surface area (Å²) >= 11 is 6.61. The molecule has 2 N–H and O–H groups in total. The normalized spacial score (nSPS) is 11.6. The van der Waals surface area contributed by atoms with E-state index in [0.29, 0.717) is 5.02 Å². The molecule has 7 heteroatoms. The van der Waals surface area contributed by atoms with Crippen LogP contribution in [-0.4, -0.2) is 31.2 Å². The number of hydrogen-bond donors (Lipinski definition) is 1. The van der Waals surface area contributed by atoms with Crippen molar-refractivity contribution in [2.45, 2.75) is 43.9 Å². The van der Waals surface area contributed by atoms with Crippen molar-refractivity contribution in [3.8, 4) is 22.4 Å². The highest BCUT2D eigenvalue weighted by Gasteiger charge is 2.15. The van der Waals surface area contributed by atoms with E-state index < -0.39 is 9.84 Å². The number of nitrogens with zero attached hydrogens (tertiary/aromatic N) is 2. The number of hydrogen-bond acceptors (Lipinski definition) is 5. The fourth-order valence-corrected chi connectivity index (χ4v) is 4.30. The molecule has 2 aromatic heterocycles. The second-order valence-corrected chi connectivity index (χ2v) is 10.2. The Bertz CT molecular complexity index is 1130. The highest BCUT2D eigenvalue weighted by molar-refractivity contribution is 7.90. The molecule has 0 unspecified atom stereocenters. The third-order valence-corrected chi connectivity index (χ3v) is 6.65. The minimum absolute atomic E-state index is 0.281. The minimum atomic E-state index is -3.26. The summed E-state index contributed by atoms with van der Waals surface area (Å²) in [4.78, 5) is 9.62. The Morgan fingerprint density at radius 3 is 2.26 bits per heavy atom. The monoisotopic (exact) mass is 457 g/mol. The number of halogens is 1. The lowest BCUT2D eigenvalue weighted by Crippen LogP contribution is -2.00. The molecule has 164 valence electrons. The maximum Gasteiger partial charge on any atom is 0.175 e. The number of nitrogens with two attached hydrogens (primary N) is 1. The molecule has 3 rings (SSSR count). The first-order valence-electron chi connectivity index (χ1n) is 10.4. The summed E-state index contributed by atoms with van der Waals surface area (Å²) < 4.78 is 23.6. The van der Waals surface area contributed by atoms with Gasteiger partial charge in [-0.15, -0.1) is 0 Å². The predicted molar refractivity (Wildman–Crippen MR) is 127 cm³/mol. The lowest BCUT2D eigenvalue weighted by Gasteiger charge is -2.14. The number of unbranched alkanes of at least 4 members (excludes halogenated alkanes) is 3. The molecule has 2 heterocycles. The van der Waals surface area contributed by atoms with Gasteiger partial charge in [0.15, 0.2) is 9.84 Å². The van der Waals surface area contributed by atoms with Gasteiger partial charge in [-0.1, -0.05) is 36.6 Å². The summed E-state index contributed by atoms with van der Waals surface area (Å²) in [5.41, 5.74) is 10.8. The molecule has 0 aliphatic heterocycles. The molecule has 31 heavy (non-hydrogen) atoms. The second-order valence-electron chi connectivity index (χ2n) is 7.75. The van der Waals surface area contributed by atoms with Crippen molar-refractivity contribution in [1.29, 1.82) is 0 Å². The van der Waals surface area contributed by atoms with Crippen LogP contribution in [0.4, 0.5) is 0 Å². The van der Waals surface area contributed by atoms with Gasteiger partial charge in [0.05, 0.1) is 21.3 Å². The Morgan fingerprint density at radius 2 is 1.65 bits per heavy atom. The van der Waals surface area contributed by atoms with Crippen LogP contribution >= 0.6 is 11.6 Å². The highest BCUT2D eigenvalue weighted by atomic mass is 35.5. The van der Waals surface area contributed by atoms with Crippen LogP contribution in [0, 0.1) is 6.92 Å². The fraction of sp³-hybridized carbons (Fsp3) is 0.333. The first kappa shape index (κ1) is 23.4. The van der Waals surface area contributed by atoms with E-state index >= 15 is 0 Å². The molecule has 0 atom stereocenters. The lowest BCUT2D eigenvalue weighted by atomic mass is 9.98. The van der Waals surface area contributed by atoms with Crippen molar-refractivity contribution in [3.63, 3.8) is 0 Å². The highest BCUT2D eigenvalue weighted by Crippen LogP contribution is 2.35. The van der Waals surface area contributed by atoms with Crippen molar-refractivity contribution in [3.05, 3.63) is 65.1 Å². The van der Waals surface area contributed by atoms with Crippen LogP contribution in [-0.2, 0) is 16.3 Å². The fourth-order valence-electron chi connectivity index (χ4n) is 3.42. The summed E-state index contributed by atoms with van der Waals surface area (Å²) in [5, 5.41) is 0.616. The van der Waals surface area contributed by atoms with Crippen molar-refractivity contribution in [1.82, 2.24) is 9.97 Å². The second kappa shape index (κ2) is 10.4. The minimum Gasteiger partial charge on any atom is -0.330 e. The molecule has 0 aliphatic rings. The zero-order chi connectivity index (χ0) is 22.4. The Kier molecular flexibility index (Phi) is 7.81. The van der Waals surface area contributed by atoms with Crippen LogP contribution in [0.25, 0.3) is 22.4 Å². The molecule has 0 spiro atoms. The Balaban J connectivity index is 2.01. The van der Waals surface area contributed by atoms with E-state index in [0.717, 1.165) is 72.4 Å². The van der Waals surface area contributed by atoms with Gasteiger partial charge >= 0.3 is 0 Å². The zero-order valence-corrected chi connectivity index (χ0v) is 19.5. The van der Waals surface area contributed by atoms with E-state index in [1.807, 2.05) is 31.3 Å². The summed E-state index contributed by atoms with van der Waals surface area (Å²) in [5.74, 6) is 0. The largest absolute Gasteiger partial charge is 0.330 e. The third-order valence-electron chi connectivity index (χ3n) is 5.19. The van der Waals surface area contributed by atoms with Gasteiger partial charge in [-0.2, -0.15) is 0 Å². The average Bonchev–Trinajstić information content (AvgIpc) is 2.74. The molecule has 0 fully saturated rings. The van der Waals surface area contributed by atoms with Crippen LogP contribution in [0.3, 0.4) is 0 Å². The molecular weight excluding hydrogens is 430 g/mol. The van der Waals surface area contributed by atoms with Crippen LogP contribution in [0.1, 0.15) is 37.1 Å². The van der Waals surface area contributed by atoms with Crippen molar-refractivity contribution < 1.29 is 8.42 Å². The van der Waals surface area contributed by atoms with Crippen LogP contribution < -0.4 is 5.73 Å². The van der Waals surface area contributed by atoms with Crippen LogP contribution in [0.15, 0.2) is 53.6 Å². The molecule has 3 aromatic rings. The number of aryl methyl sites for hydroxylation is 2. The number of aromatic nitrogens is 2. The number of sulfone groups is 1. The van der Waals surface area contributed by atoms with Gasteiger partial charge in [0.1, 0.15) is 0 Å². The van der Waals surface area contributed by atoms with E-state index in [4.69, 9.17) is 22.3 Å². The quantitative estimate of drug-likeness (QED) is 0.444. The zero-order valence-electron chi connectivity index (χ0n) is 17.9. The molecule has 0 aliphatic carbocycles. The van der Waals surface area contributed by atoms with Gasteiger partial charge in [-0.3, -0.25) is 9.97 Å². The Morgan fingerprint density at radius 1 is 0.968 bits per heavy atom. The van der Waals surface area contributed by atoms with Crippen molar-refractivity contribution in [2.24, 2.45) is 5.73 Å². The smallest absolute Gasteiger partial charge is 0.175 e. The molecule has 1 aromatic carbocycles. The Labute approximate surface area is 189 Å². The lowest BCUT2D eigenvalue weighted by molar-refractivity contribution is 0.602. The first-order chi connectivity index (χ1) is 14.8. The predicted octanol–water partition coefficient (Wildman–Crippen LogP) is 5.24. The van der Waals surface area contributed by atoms with Gasteiger partial charge < -0.3 is 5.73 Å². The van der Waals surface area contributed by atoms with Gasteiger partial charge in [-0.05, 0) is 68.6 Å². The maximum absolute atomic E-state index is 11.8. The summed E-state index contributed by atoms with van der Waals surface area (Å²) in [7, 11) is -3.26. The molecular formula is C24H28ClN3O2S. The topological polar surface area (TPSA) is 85.9 Å². The maximum atomic E-state index is 11.8. The number of pyridine rings is 2. The van der Waals surface area contributed by atoms with E-state index in [-0.39, 0.29) is 4.90 Å². The standard InChI is InChI=1S/C24H28ClN3O2S/c1-17-8-9-19(16-27-17)24-21(18-10-12-20(13-11-18)31(2,29)30)15-22(25)23(28-24)7-5-3-4-6-14-26/h8-13,15-16H,3-7,14,26H2,1-2H3. The Hall–Kier alpha value is -2.28. The van der Waals surface area contributed by atoms with Crippen LogP contribution in [0.2, 0.25) is 5.02 Å². The first-order valence-corrected chi connectivity index (χ1v) is 12.7. The van der Waals surface area contributed by atoms with Crippen molar-refractivity contribution in [2.75, 3.05) is 12.8 Å². The van der Waals surface area contributed by atoms with Crippen molar-refractivity contribution >= 4 is 21.4 Å². The number of benzene rings is 1. The summed E-state index contributed by atoms with van der Waals surface area (Å²) in [6.07, 6.45) is 8.03. The van der Waals surface area contributed by atoms with Crippen LogP contribution in [0.5, 0.6) is 0 Å². The molecule has 0 saturated heterocycles. The van der Waals surface area contributed by atoms with E-state index in [9.17, 15) is 8.42 Å². The number of rotatable bonds is 9. The molecule has 5 nitrogen and oxygen atoms in total. The summed E-state index contributed by atoms with van der Waals surface area (Å²) in [6.45, 7) is 2.66. The van der Waals surface area contributed by atoms with E-state index in [1.165, 1.54) is 6.26 Å². The average molecular weight is 458 g/mol. The van der Waals surface area contributed by atoms with Gasteiger partial charge in [0, 0.05) is 29.3 Å². The van der Waals surface area contributed by atoms with E-state index in [2.05, 4.69) is 4.98 Å². The third kappa shape index (κ3) is 6.12. The molecule has 0 saturated carbocycles. The van der Waals surface area contributed by atoms with Gasteiger partial charge in [0.2, 0.25) is 0 Å². The van der Waals surface area contributed by atoms with Gasteiger partial charge in [-0.25, -0.2) is 8.42 Å².